The molecule has 1 aromatic rings. The van der Waals surface area contributed by atoms with Gasteiger partial charge in [-0.1, -0.05) is 0 Å². The fraction of sp³-hybridized carbons (Fsp3) is 0.571. The van der Waals surface area contributed by atoms with E-state index in [9.17, 15) is 9.59 Å². The molecule has 1 aromatic heterocycles. The molecule has 0 atom stereocenters. The molecule has 2 heterocycles. The van der Waals surface area contributed by atoms with E-state index in [2.05, 4.69) is 0 Å². The standard InChI is InChI=1S/C14H21N3O2S/c1-14(2,15)9-12(18)16-4-6-17(7-5-16)13(19)11-3-8-20-10-11/h3,8,10H,4-7,9,15H2,1-2H3. The topological polar surface area (TPSA) is 66.6 Å². The number of piperazine rings is 1. The summed E-state index contributed by atoms with van der Waals surface area (Å²) in [6, 6.07) is 1.83. The Balaban J connectivity index is 1.86. The van der Waals surface area contributed by atoms with Crippen LogP contribution in [0.4, 0.5) is 0 Å². The minimum atomic E-state index is -0.485. The van der Waals surface area contributed by atoms with Gasteiger partial charge in [0.05, 0.1) is 5.56 Å². The Morgan fingerprint density at radius 1 is 1.25 bits per heavy atom. The van der Waals surface area contributed by atoms with Crippen molar-refractivity contribution < 1.29 is 9.59 Å². The molecule has 1 fully saturated rings. The van der Waals surface area contributed by atoms with Crippen LogP contribution < -0.4 is 5.73 Å². The van der Waals surface area contributed by atoms with Crippen molar-refractivity contribution in [2.75, 3.05) is 26.2 Å². The fourth-order valence-corrected chi connectivity index (χ4v) is 2.86. The number of carbonyl (C=O) groups is 2. The molecule has 2 N–H and O–H groups in total. The first-order valence-electron chi connectivity index (χ1n) is 6.75. The van der Waals surface area contributed by atoms with Crippen LogP contribution in [-0.4, -0.2) is 53.3 Å². The first-order valence-corrected chi connectivity index (χ1v) is 7.69. The van der Waals surface area contributed by atoms with E-state index in [0.29, 0.717) is 32.6 Å². The summed E-state index contributed by atoms with van der Waals surface area (Å²) in [5.74, 6) is 0.123. The second kappa shape index (κ2) is 5.93. The number of rotatable bonds is 3. The van der Waals surface area contributed by atoms with E-state index in [1.54, 1.807) is 9.80 Å². The van der Waals surface area contributed by atoms with Crippen molar-refractivity contribution in [3.8, 4) is 0 Å². The van der Waals surface area contributed by atoms with Crippen molar-refractivity contribution in [3.63, 3.8) is 0 Å². The number of nitrogens with two attached hydrogens (primary N) is 1. The van der Waals surface area contributed by atoms with Gasteiger partial charge >= 0.3 is 0 Å². The quantitative estimate of drug-likeness (QED) is 0.910. The molecule has 1 aliphatic heterocycles. The molecular formula is C14H21N3O2S. The maximum absolute atomic E-state index is 12.2. The Labute approximate surface area is 123 Å². The number of thiophene rings is 1. The lowest BCUT2D eigenvalue weighted by atomic mass is 10.0. The Hall–Kier alpha value is -1.40. The monoisotopic (exact) mass is 295 g/mol. The highest BCUT2D eigenvalue weighted by Crippen LogP contribution is 2.14. The van der Waals surface area contributed by atoms with Gasteiger partial charge in [0.2, 0.25) is 5.91 Å². The molecule has 0 spiro atoms. The number of hydrogen-bond donors (Lipinski definition) is 1. The van der Waals surface area contributed by atoms with Gasteiger partial charge in [0.15, 0.2) is 0 Å². The lowest BCUT2D eigenvalue weighted by Gasteiger charge is -2.35. The normalized spacial score (nSPS) is 16.4. The second-order valence-corrected chi connectivity index (χ2v) is 6.63. The lowest BCUT2D eigenvalue weighted by Crippen LogP contribution is -2.52. The SMILES string of the molecule is CC(C)(N)CC(=O)N1CCN(C(=O)c2ccsc2)CC1. The van der Waals surface area contributed by atoms with Crippen LogP contribution in [0.2, 0.25) is 0 Å². The summed E-state index contributed by atoms with van der Waals surface area (Å²) in [5.41, 5.74) is 6.12. The van der Waals surface area contributed by atoms with Crippen molar-refractivity contribution >= 4 is 23.2 Å². The molecule has 0 saturated carbocycles. The third-order valence-electron chi connectivity index (χ3n) is 3.29. The first-order chi connectivity index (χ1) is 9.37. The molecular weight excluding hydrogens is 274 g/mol. The van der Waals surface area contributed by atoms with Crippen molar-refractivity contribution in [1.82, 2.24) is 9.80 Å². The molecule has 0 bridgehead atoms. The summed E-state index contributed by atoms with van der Waals surface area (Å²) in [6.07, 6.45) is 0.339. The molecule has 5 nitrogen and oxygen atoms in total. The van der Waals surface area contributed by atoms with E-state index in [0.717, 1.165) is 5.56 Å². The molecule has 2 rings (SSSR count). The van der Waals surface area contributed by atoms with Gasteiger partial charge in [-0.25, -0.2) is 0 Å². The zero-order chi connectivity index (χ0) is 14.8. The van der Waals surface area contributed by atoms with E-state index in [-0.39, 0.29) is 11.8 Å². The summed E-state index contributed by atoms with van der Waals surface area (Å²) in [6.45, 7) is 6.05. The molecule has 0 radical (unpaired) electrons. The van der Waals surface area contributed by atoms with Crippen molar-refractivity contribution in [2.24, 2.45) is 5.73 Å². The Kier molecular flexibility index (Phi) is 4.45. The molecule has 0 aliphatic carbocycles. The Morgan fingerprint density at radius 3 is 2.35 bits per heavy atom. The largest absolute Gasteiger partial charge is 0.339 e. The van der Waals surface area contributed by atoms with Gasteiger partial charge in [0.1, 0.15) is 0 Å². The van der Waals surface area contributed by atoms with Crippen LogP contribution in [0.3, 0.4) is 0 Å². The van der Waals surface area contributed by atoms with Crippen LogP contribution in [0.15, 0.2) is 16.8 Å². The second-order valence-electron chi connectivity index (χ2n) is 5.85. The molecule has 1 aliphatic rings. The van der Waals surface area contributed by atoms with E-state index in [1.165, 1.54) is 11.3 Å². The summed E-state index contributed by atoms with van der Waals surface area (Å²) in [7, 11) is 0. The first kappa shape index (κ1) is 15.0. The van der Waals surface area contributed by atoms with E-state index in [1.807, 2.05) is 30.7 Å². The summed E-state index contributed by atoms with van der Waals surface area (Å²) >= 11 is 1.52. The molecule has 6 heteroatoms. The number of hydrogen-bond acceptors (Lipinski definition) is 4. The van der Waals surface area contributed by atoms with Crippen LogP contribution in [-0.2, 0) is 4.79 Å². The van der Waals surface area contributed by atoms with Gasteiger partial charge in [-0.15, -0.1) is 0 Å². The third-order valence-corrected chi connectivity index (χ3v) is 3.98. The van der Waals surface area contributed by atoms with Crippen molar-refractivity contribution in [3.05, 3.63) is 22.4 Å². The minimum Gasteiger partial charge on any atom is -0.339 e. The molecule has 0 aromatic carbocycles. The smallest absolute Gasteiger partial charge is 0.254 e. The van der Waals surface area contributed by atoms with Crippen LogP contribution in [0.5, 0.6) is 0 Å². The number of nitrogens with zero attached hydrogens (tertiary/aromatic N) is 2. The zero-order valence-corrected chi connectivity index (χ0v) is 12.8. The fourth-order valence-electron chi connectivity index (χ4n) is 2.23. The van der Waals surface area contributed by atoms with E-state index in [4.69, 9.17) is 5.73 Å². The summed E-state index contributed by atoms with van der Waals surface area (Å²) in [4.78, 5) is 27.8. The average molecular weight is 295 g/mol. The maximum atomic E-state index is 12.2. The summed E-state index contributed by atoms with van der Waals surface area (Å²) < 4.78 is 0. The molecule has 0 unspecified atom stereocenters. The van der Waals surface area contributed by atoms with Crippen LogP contribution >= 0.6 is 11.3 Å². The Morgan fingerprint density at radius 2 is 1.85 bits per heavy atom. The van der Waals surface area contributed by atoms with Crippen LogP contribution in [0.25, 0.3) is 0 Å². The van der Waals surface area contributed by atoms with Crippen molar-refractivity contribution in [2.45, 2.75) is 25.8 Å². The highest BCUT2D eigenvalue weighted by atomic mass is 32.1. The number of carbonyl (C=O) groups excluding carboxylic acids is 2. The lowest BCUT2D eigenvalue weighted by molar-refractivity contribution is -0.133. The van der Waals surface area contributed by atoms with E-state index >= 15 is 0 Å². The predicted molar refractivity (Wildman–Crippen MR) is 79.7 cm³/mol. The zero-order valence-electron chi connectivity index (χ0n) is 12.0. The maximum Gasteiger partial charge on any atom is 0.254 e. The minimum absolute atomic E-state index is 0.0532. The highest BCUT2D eigenvalue weighted by molar-refractivity contribution is 7.08. The van der Waals surface area contributed by atoms with Gasteiger partial charge in [0.25, 0.3) is 5.91 Å². The van der Waals surface area contributed by atoms with Crippen molar-refractivity contribution in [1.29, 1.82) is 0 Å². The molecule has 1 saturated heterocycles. The van der Waals surface area contributed by atoms with Gasteiger partial charge < -0.3 is 15.5 Å². The van der Waals surface area contributed by atoms with Gasteiger partial charge in [-0.05, 0) is 25.3 Å². The van der Waals surface area contributed by atoms with Crippen LogP contribution in [0, 0.1) is 0 Å². The molecule has 20 heavy (non-hydrogen) atoms. The highest BCUT2D eigenvalue weighted by Gasteiger charge is 2.27. The Bertz CT molecular complexity index is 471. The van der Waals surface area contributed by atoms with Gasteiger partial charge in [0, 0.05) is 43.5 Å². The third kappa shape index (κ3) is 3.80. The molecule has 2 amide bonds. The summed E-state index contributed by atoms with van der Waals surface area (Å²) in [5, 5.41) is 3.76. The van der Waals surface area contributed by atoms with Gasteiger partial charge in [-0.2, -0.15) is 11.3 Å². The number of amides is 2. The van der Waals surface area contributed by atoms with Gasteiger partial charge in [-0.3, -0.25) is 9.59 Å². The predicted octanol–water partition coefficient (Wildman–Crippen LogP) is 1.16. The average Bonchev–Trinajstić information content (AvgIpc) is 2.90. The molecule has 110 valence electrons. The van der Waals surface area contributed by atoms with Crippen LogP contribution in [0.1, 0.15) is 30.6 Å². The van der Waals surface area contributed by atoms with E-state index < -0.39 is 5.54 Å².